The lowest BCUT2D eigenvalue weighted by Gasteiger charge is -2.37. The molecule has 0 aromatic carbocycles. The quantitative estimate of drug-likeness (QED) is 0.330. The van der Waals surface area contributed by atoms with Gasteiger partial charge in [-0.2, -0.15) is 49.1 Å². The largest absolute Gasteiger partial charge is 0.512 e. The molecule has 0 spiro atoms. The maximum Gasteiger partial charge on any atom is 0.512 e. The van der Waals surface area contributed by atoms with E-state index in [4.69, 9.17) is 5.26 Å². The minimum Gasteiger partial charge on any atom is -0.288 e. The van der Waals surface area contributed by atoms with Gasteiger partial charge < -0.3 is 0 Å². The topological polar surface area (TPSA) is 145 Å². The molecule has 0 aromatic rings. The average Bonchev–Trinajstić information content (AvgIpc) is 2.60. The van der Waals surface area contributed by atoms with Crippen molar-refractivity contribution in [1.29, 1.82) is 5.26 Å². The van der Waals surface area contributed by atoms with Crippen molar-refractivity contribution in [2.75, 3.05) is 32.7 Å². The number of alkyl halides is 9. The first-order valence-corrected chi connectivity index (χ1v) is 12.0. The van der Waals surface area contributed by atoms with Gasteiger partial charge in [0.25, 0.3) is 20.0 Å². The number of halogens is 9. The van der Waals surface area contributed by atoms with Gasteiger partial charge in [-0.25, -0.2) is 25.3 Å². The van der Waals surface area contributed by atoms with Crippen LogP contribution in [0.3, 0.4) is 0 Å². The Hall–Kier alpha value is -1.41. The van der Waals surface area contributed by atoms with Crippen LogP contribution in [0.5, 0.6) is 0 Å². The molecule has 0 saturated carbocycles. The zero-order valence-corrected chi connectivity index (χ0v) is 17.4. The molecule has 10 nitrogen and oxygen atoms in total. The lowest BCUT2D eigenvalue weighted by molar-refractivity contribution is -0.245. The fourth-order valence-electron chi connectivity index (χ4n) is 2.13. The summed E-state index contributed by atoms with van der Waals surface area (Å²) >= 11 is 0. The van der Waals surface area contributed by atoms with Crippen LogP contribution in [-0.2, 0) is 30.1 Å². The van der Waals surface area contributed by atoms with E-state index in [0.29, 0.717) is 0 Å². The Bertz CT molecular complexity index is 1070. The Labute approximate surface area is 174 Å². The average molecular weight is 550 g/mol. The molecule has 0 unspecified atom stereocenters. The Morgan fingerprint density at radius 3 is 1.56 bits per heavy atom. The summed E-state index contributed by atoms with van der Waals surface area (Å²) in [7, 11) is -21.9. The van der Waals surface area contributed by atoms with Crippen molar-refractivity contribution in [3.63, 3.8) is 0 Å². The van der Waals surface area contributed by atoms with Crippen molar-refractivity contribution < 1.29 is 64.8 Å². The summed E-state index contributed by atoms with van der Waals surface area (Å²) in [4.78, 5) is 1.16. The van der Waals surface area contributed by atoms with E-state index >= 15 is 0 Å². The summed E-state index contributed by atoms with van der Waals surface area (Å²) < 4.78 is 187. The summed E-state index contributed by atoms with van der Waals surface area (Å²) in [6, 6.07) is 1.60. The number of rotatable bonds is 8. The van der Waals surface area contributed by atoms with Crippen LogP contribution in [0.2, 0.25) is 0 Å². The number of hydrogen-bond acceptors (Lipinski definition) is 8. The van der Waals surface area contributed by atoms with Gasteiger partial charge in [0.05, 0.1) is 12.6 Å². The molecule has 1 aliphatic heterocycles. The molecule has 1 heterocycles. The standard InChI is InChI=1S/C10H11F9N4O6S3/c11-7(12,8(13,14)30(24,25)21-31(26,27)10(17,18)19)9(15,16)32(28,29)23-5-3-22(2-1-20)4-6-23/h21H,2-6H2. The Morgan fingerprint density at radius 1 is 0.750 bits per heavy atom. The number of nitrogens with one attached hydrogen (secondary N) is 1. The summed E-state index contributed by atoms with van der Waals surface area (Å²) in [5.74, 6) is -7.45. The highest BCUT2D eigenvalue weighted by Gasteiger charge is 2.83. The predicted molar refractivity (Wildman–Crippen MR) is 84.4 cm³/mol. The summed E-state index contributed by atoms with van der Waals surface area (Å²) in [5, 5.41) is -5.82. The van der Waals surface area contributed by atoms with Crippen LogP contribution in [-0.4, -0.2) is 89.1 Å². The first-order chi connectivity index (χ1) is 14.0. The molecule has 0 aliphatic carbocycles. The van der Waals surface area contributed by atoms with E-state index in [1.54, 1.807) is 6.07 Å². The molecule has 0 radical (unpaired) electrons. The van der Waals surface area contributed by atoms with Gasteiger partial charge in [0.1, 0.15) is 0 Å². The van der Waals surface area contributed by atoms with E-state index in [0.717, 1.165) is 4.90 Å². The maximum absolute atomic E-state index is 14.1. The summed E-state index contributed by atoms with van der Waals surface area (Å²) in [6.07, 6.45) is 0. The van der Waals surface area contributed by atoms with Crippen LogP contribution in [0, 0.1) is 11.3 Å². The fraction of sp³-hybridized carbons (Fsp3) is 0.900. The van der Waals surface area contributed by atoms with Crippen LogP contribution in [0.25, 0.3) is 0 Å². The minimum absolute atomic E-state index is 0.337. The first kappa shape index (κ1) is 28.6. The maximum atomic E-state index is 14.1. The zero-order chi connectivity index (χ0) is 25.6. The monoisotopic (exact) mass is 550 g/mol. The zero-order valence-electron chi connectivity index (χ0n) is 15.0. The van der Waals surface area contributed by atoms with E-state index in [9.17, 15) is 64.8 Å². The highest BCUT2D eigenvalue weighted by molar-refractivity contribution is 8.05. The molecule has 0 bridgehead atoms. The van der Waals surface area contributed by atoms with E-state index in [-0.39, 0.29) is 6.54 Å². The molecule has 0 atom stereocenters. The van der Waals surface area contributed by atoms with Crippen molar-refractivity contribution in [2.45, 2.75) is 21.9 Å². The van der Waals surface area contributed by atoms with Crippen LogP contribution in [0.15, 0.2) is 0 Å². The second-order valence-electron chi connectivity index (χ2n) is 5.98. The van der Waals surface area contributed by atoms with Gasteiger partial charge in [-0.3, -0.25) is 4.90 Å². The third-order valence-corrected chi connectivity index (χ3v) is 9.13. The molecule has 188 valence electrons. The molecule has 32 heavy (non-hydrogen) atoms. The molecular formula is C10H11F9N4O6S3. The number of sulfonamides is 3. The summed E-state index contributed by atoms with van der Waals surface area (Å²) in [6.45, 7) is -3.36. The van der Waals surface area contributed by atoms with Crippen LogP contribution < -0.4 is 4.13 Å². The van der Waals surface area contributed by atoms with Crippen molar-refractivity contribution in [3.05, 3.63) is 0 Å². The molecule has 1 rings (SSSR count). The molecule has 1 fully saturated rings. The third kappa shape index (κ3) is 4.63. The molecule has 1 N–H and O–H groups in total. The fourth-order valence-corrected chi connectivity index (χ4v) is 6.04. The lowest BCUT2D eigenvalue weighted by Crippen LogP contribution is -2.66. The van der Waals surface area contributed by atoms with Crippen LogP contribution in [0.4, 0.5) is 39.5 Å². The Morgan fingerprint density at radius 2 is 1.19 bits per heavy atom. The van der Waals surface area contributed by atoms with Gasteiger partial charge in [-0.05, 0) is 0 Å². The number of hydrogen-bond donors (Lipinski definition) is 1. The summed E-state index contributed by atoms with van der Waals surface area (Å²) in [5.41, 5.74) is -6.64. The van der Waals surface area contributed by atoms with E-state index < -0.39 is 86.6 Å². The van der Waals surface area contributed by atoms with Gasteiger partial charge >= 0.3 is 32.0 Å². The number of nitriles is 1. The van der Waals surface area contributed by atoms with Gasteiger partial charge in [0, 0.05) is 26.2 Å². The SMILES string of the molecule is N#CCN1CCN(S(=O)(=O)C(F)(F)C(F)(F)C(F)(F)S(=O)(=O)NS(=O)(=O)C(F)(F)F)CC1. The predicted octanol–water partition coefficient (Wildman–Crippen LogP) is 0.0473. The van der Waals surface area contributed by atoms with E-state index in [1.165, 1.54) is 0 Å². The van der Waals surface area contributed by atoms with Crippen LogP contribution in [0.1, 0.15) is 0 Å². The van der Waals surface area contributed by atoms with Gasteiger partial charge in [-0.15, -0.1) is 0 Å². The Balaban J connectivity index is 3.38. The van der Waals surface area contributed by atoms with Crippen LogP contribution >= 0.6 is 0 Å². The van der Waals surface area contributed by atoms with Crippen molar-refractivity contribution >= 4 is 30.1 Å². The van der Waals surface area contributed by atoms with Crippen molar-refractivity contribution in [1.82, 2.24) is 13.3 Å². The smallest absolute Gasteiger partial charge is 0.288 e. The van der Waals surface area contributed by atoms with Gasteiger partial charge in [0.15, 0.2) is 0 Å². The van der Waals surface area contributed by atoms with Gasteiger partial charge in [0.2, 0.25) is 0 Å². The molecular weight excluding hydrogens is 539 g/mol. The van der Waals surface area contributed by atoms with Crippen molar-refractivity contribution in [3.8, 4) is 6.07 Å². The van der Waals surface area contributed by atoms with Crippen molar-refractivity contribution in [2.24, 2.45) is 0 Å². The number of piperazine rings is 1. The first-order valence-electron chi connectivity index (χ1n) is 7.56. The highest BCUT2D eigenvalue weighted by Crippen LogP contribution is 2.51. The lowest BCUT2D eigenvalue weighted by atomic mass is 10.3. The Kier molecular flexibility index (Phi) is 7.53. The molecule has 1 aliphatic rings. The van der Waals surface area contributed by atoms with Gasteiger partial charge in [-0.1, -0.05) is 4.13 Å². The second-order valence-corrected chi connectivity index (χ2v) is 11.6. The van der Waals surface area contributed by atoms with E-state index in [2.05, 4.69) is 0 Å². The highest BCUT2D eigenvalue weighted by atomic mass is 32.3. The number of nitrogens with zero attached hydrogens (tertiary/aromatic N) is 3. The molecule has 1 saturated heterocycles. The van der Waals surface area contributed by atoms with E-state index in [1.807, 2.05) is 0 Å². The molecule has 22 heteroatoms. The second kappa shape index (κ2) is 8.42. The third-order valence-electron chi connectivity index (χ3n) is 3.88. The normalized spacial score (nSPS) is 19.0. The minimum atomic E-state index is -7.80. The molecule has 0 amide bonds. The molecule has 0 aromatic heterocycles.